The fourth-order valence-electron chi connectivity index (χ4n) is 5.51. The van der Waals surface area contributed by atoms with E-state index < -0.39 is 23.8 Å². The monoisotopic (exact) mass is 497 g/mol. The average Bonchev–Trinajstić information content (AvgIpc) is 2.82. The minimum absolute atomic E-state index is 0.00272. The molecule has 2 unspecified atom stereocenters. The quantitative estimate of drug-likeness (QED) is 0.547. The Morgan fingerprint density at radius 1 is 1.14 bits per heavy atom. The van der Waals surface area contributed by atoms with Crippen LogP contribution in [0.4, 0.5) is 24.5 Å². The third kappa shape index (κ3) is 3.84. The number of halogens is 3. The van der Waals surface area contributed by atoms with E-state index in [1.165, 1.54) is 12.1 Å². The molecular weight excluding hydrogens is 471 g/mol. The van der Waals surface area contributed by atoms with Gasteiger partial charge < -0.3 is 19.9 Å². The molecule has 2 bridgehead atoms. The Kier molecular flexibility index (Phi) is 5.70. The van der Waals surface area contributed by atoms with Gasteiger partial charge in [-0.2, -0.15) is 10.2 Å². The number of hydrogen-bond donors (Lipinski definition) is 1. The lowest BCUT2D eigenvalue weighted by Gasteiger charge is -2.58. The zero-order valence-corrected chi connectivity index (χ0v) is 19.7. The third-order valence-electron chi connectivity index (χ3n) is 7.55. The van der Waals surface area contributed by atoms with Gasteiger partial charge in [-0.25, -0.2) is 13.2 Å². The second-order valence-electron chi connectivity index (χ2n) is 9.81. The molecule has 4 saturated heterocycles. The van der Waals surface area contributed by atoms with E-state index in [-0.39, 0.29) is 29.5 Å². The van der Waals surface area contributed by atoms with Crippen molar-refractivity contribution >= 4 is 28.2 Å². The molecule has 4 aliphatic heterocycles. The normalized spacial score (nSPS) is 22.4. The van der Waals surface area contributed by atoms with Gasteiger partial charge in [0.25, 0.3) is 6.43 Å². The minimum atomic E-state index is -2.88. The molecule has 7 rings (SSSR count). The molecule has 36 heavy (non-hydrogen) atoms. The highest BCUT2D eigenvalue weighted by Crippen LogP contribution is 2.38. The maximum absolute atomic E-state index is 14.7. The Morgan fingerprint density at radius 2 is 1.89 bits per heavy atom. The first kappa shape index (κ1) is 23.0. The zero-order valence-electron chi connectivity index (χ0n) is 19.7. The highest BCUT2D eigenvalue weighted by atomic mass is 19.3. The molecule has 1 N–H and O–H groups in total. The van der Waals surface area contributed by atoms with Crippen molar-refractivity contribution in [3.05, 3.63) is 59.5 Å². The Bertz CT molecular complexity index is 1310. The van der Waals surface area contributed by atoms with E-state index in [1.54, 1.807) is 13.1 Å². The molecule has 1 aromatic heterocycles. The van der Waals surface area contributed by atoms with E-state index in [9.17, 15) is 18.0 Å². The van der Waals surface area contributed by atoms with E-state index in [4.69, 9.17) is 4.74 Å². The molecule has 4 aliphatic rings. The SMILES string of the molecule is C[C@@H](Nc1cnnc2ccc(N3CC4CC(C3)N4C(=O)C3COC3)cc12)c1cccc(C(F)F)c1F. The standard InChI is InChI=1S/C26H26F3N5O2/c1-14(19-3-2-4-20(24(19)27)25(28)29)31-23-9-30-32-22-6-5-16(8-21(22)23)33-10-17-7-18(11-33)34(17)26(35)15-12-36-13-15/h2-6,8-9,14-15,17-18,25H,7,10-13H2,1H3,(H,31,32)/t14-,17?,18?/m1/s1. The average molecular weight is 498 g/mol. The Hall–Kier alpha value is -3.40. The number of alkyl halides is 2. The number of carbonyl (C=O) groups excluding carboxylic acids is 1. The highest BCUT2D eigenvalue weighted by molar-refractivity contribution is 5.93. The molecule has 2 aromatic carbocycles. The van der Waals surface area contributed by atoms with Crippen LogP contribution in [0, 0.1) is 11.7 Å². The summed E-state index contributed by atoms with van der Waals surface area (Å²) in [6.45, 7) is 4.28. The van der Waals surface area contributed by atoms with Crippen LogP contribution < -0.4 is 10.2 Å². The van der Waals surface area contributed by atoms with Crippen LogP contribution in [0.15, 0.2) is 42.6 Å². The topological polar surface area (TPSA) is 70.6 Å². The second-order valence-corrected chi connectivity index (χ2v) is 9.81. The number of aromatic nitrogens is 2. The first-order chi connectivity index (χ1) is 17.4. The maximum atomic E-state index is 14.7. The number of nitrogens with one attached hydrogen (secondary N) is 1. The molecule has 7 nitrogen and oxygen atoms in total. The van der Waals surface area contributed by atoms with Crippen LogP contribution in [0.5, 0.6) is 0 Å². The minimum Gasteiger partial charge on any atom is -0.380 e. The van der Waals surface area contributed by atoms with Crippen LogP contribution in [0.25, 0.3) is 10.9 Å². The fourth-order valence-corrected chi connectivity index (χ4v) is 5.51. The molecular formula is C26H26F3N5O2. The predicted octanol–water partition coefficient (Wildman–Crippen LogP) is 4.32. The molecule has 0 saturated carbocycles. The number of ether oxygens (including phenoxy) is 1. The fraction of sp³-hybridized carbons (Fsp3) is 0.423. The lowest BCUT2D eigenvalue weighted by atomic mass is 9.85. The number of fused-ring (bicyclic) bond motifs is 3. The molecule has 3 atom stereocenters. The lowest BCUT2D eigenvalue weighted by Crippen LogP contribution is -2.71. The van der Waals surface area contributed by atoms with Crippen molar-refractivity contribution in [3.8, 4) is 0 Å². The summed E-state index contributed by atoms with van der Waals surface area (Å²) < 4.78 is 46.3. The molecule has 10 heteroatoms. The number of nitrogens with zero attached hydrogens (tertiary/aromatic N) is 4. The number of rotatable bonds is 6. The van der Waals surface area contributed by atoms with E-state index in [0.29, 0.717) is 24.4 Å². The van der Waals surface area contributed by atoms with Gasteiger partial charge in [0.05, 0.1) is 60.2 Å². The number of amides is 1. The van der Waals surface area contributed by atoms with E-state index >= 15 is 0 Å². The second kappa shape index (κ2) is 8.92. The van der Waals surface area contributed by atoms with Crippen LogP contribution >= 0.6 is 0 Å². The Morgan fingerprint density at radius 3 is 2.58 bits per heavy atom. The molecule has 5 heterocycles. The summed E-state index contributed by atoms with van der Waals surface area (Å²) in [5, 5.41) is 12.3. The summed E-state index contributed by atoms with van der Waals surface area (Å²) in [6, 6.07) is 9.77. The van der Waals surface area contributed by atoms with Gasteiger partial charge >= 0.3 is 0 Å². The van der Waals surface area contributed by atoms with Crippen LogP contribution in [-0.2, 0) is 9.53 Å². The van der Waals surface area contributed by atoms with Gasteiger partial charge in [0.2, 0.25) is 5.91 Å². The molecule has 4 fully saturated rings. The highest BCUT2D eigenvalue weighted by Gasteiger charge is 2.49. The van der Waals surface area contributed by atoms with Gasteiger partial charge in [-0.15, -0.1) is 0 Å². The molecule has 1 amide bonds. The Labute approximate surface area is 206 Å². The molecule has 3 aromatic rings. The number of hydrogen-bond acceptors (Lipinski definition) is 6. The van der Waals surface area contributed by atoms with E-state index in [2.05, 4.69) is 20.4 Å². The number of anilines is 2. The van der Waals surface area contributed by atoms with E-state index in [1.807, 2.05) is 23.1 Å². The number of piperazine rings is 1. The smallest absolute Gasteiger partial charge is 0.266 e. The van der Waals surface area contributed by atoms with Crippen molar-refractivity contribution in [2.75, 3.05) is 36.5 Å². The first-order valence-electron chi connectivity index (χ1n) is 12.1. The number of benzene rings is 2. The van der Waals surface area contributed by atoms with Crippen LogP contribution in [0.2, 0.25) is 0 Å². The molecule has 0 spiro atoms. The molecule has 188 valence electrons. The van der Waals surface area contributed by atoms with Crippen molar-refractivity contribution < 1.29 is 22.7 Å². The van der Waals surface area contributed by atoms with Crippen molar-refractivity contribution in [1.29, 1.82) is 0 Å². The van der Waals surface area contributed by atoms with Crippen LogP contribution in [-0.4, -0.2) is 59.4 Å². The lowest BCUT2D eigenvalue weighted by molar-refractivity contribution is -0.164. The van der Waals surface area contributed by atoms with Gasteiger partial charge in [-0.3, -0.25) is 4.79 Å². The van der Waals surface area contributed by atoms with Crippen LogP contribution in [0.3, 0.4) is 0 Å². The van der Waals surface area contributed by atoms with Crippen molar-refractivity contribution in [3.63, 3.8) is 0 Å². The predicted molar refractivity (Wildman–Crippen MR) is 128 cm³/mol. The first-order valence-corrected chi connectivity index (χ1v) is 12.1. The third-order valence-corrected chi connectivity index (χ3v) is 7.55. The van der Waals surface area contributed by atoms with Gasteiger partial charge in [0, 0.05) is 29.7 Å². The summed E-state index contributed by atoms with van der Waals surface area (Å²) in [5.41, 5.74) is 1.86. The van der Waals surface area contributed by atoms with Gasteiger partial charge in [0.1, 0.15) is 5.82 Å². The molecule has 0 radical (unpaired) electrons. The summed E-state index contributed by atoms with van der Waals surface area (Å²) in [4.78, 5) is 17.0. The summed E-state index contributed by atoms with van der Waals surface area (Å²) in [5.74, 6) is -0.692. The van der Waals surface area contributed by atoms with Crippen molar-refractivity contribution in [2.24, 2.45) is 5.92 Å². The Balaban J connectivity index is 1.23. The largest absolute Gasteiger partial charge is 0.380 e. The number of piperidine rings is 1. The summed E-state index contributed by atoms with van der Waals surface area (Å²) >= 11 is 0. The van der Waals surface area contributed by atoms with Gasteiger partial charge in [-0.05, 0) is 31.5 Å². The maximum Gasteiger partial charge on any atom is 0.266 e. The van der Waals surface area contributed by atoms with Gasteiger partial charge in [-0.1, -0.05) is 18.2 Å². The van der Waals surface area contributed by atoms with Gasteiger partial charge in [0.15, 0.2) is 0 Å². The van der Waals surface area contributed by atoms with Crippen LogP contribution in [0.1, 0.15) is 36.9 Å². The molecule has 0 aliphatic carbocycles. The summed E-state index contributed by atoms with van der Waals surface area (Å²) in [6.07, 6.45) is -0.304. The van der Waals surface area contributed by atoms with E-state index in [0.717, 1.165) is 36.7 Å². The van der Waals surface area contributed by atoms with Crippen molar-refractivity contribution in [1.82, 2.24) is 15.1 Å². The zero-order chi connectivity index (χ0) is 25.0. The van der Waals surface area contributed by atoms with Crippen molar-refractivity contribution in [2.45, 2.75) is 37.9 Å². The summed E-state index contributed by atoms with van der Waals surface area (Å²) in [7, 11) is 0. The number of carbonyl (C=O) groups is 1.